The molecule has 0 saturated carbocycles. The quantitative estimate of drug-likeness (QED) is 0.478. The Morgan fingerprint density at radius 1 is 0.977 bits per heavy atom. The van der Waals surface area contributed by atoms with Gasteiger partial charge in [-0.2, -0.15) is 0 Å². The fraction of sp³-hybridized carbons (Fsp3) is 0.438. The minimum absolute atomic E-state index is 0.0160. The molecule has 3 aliphatic heterocycles. The van der Waals surface area contributed by atoms with Gasteiger partial charge in [-0.1, -0.05) is 36.4 Å². The predicted octanol–water partition coefficient (Wildman–Crippen LogP) is 1.40. The molecule has 4 amide bonds. The normalized spacial score (nSPS) is 26.5. The smallest absolute Gasteiger partial charge is 0.270 e. The summed E-state index contributed by atoms with van der Waals surface area (Å²) in [5.41, 5.74) is 1.00. The number of nitrogens with one attached hydrogen (secondary N) is 2. The molecule has 2 bridgehead atoms. The Hall–Kier alpha value is -4.54. The maximum atomic E-state index is 14.2. The second kappa shape index (κ2) is 12.0. The summed E-state index contributed by atoms with van der Waals surface area (Å²) in [5.74, 6) is -1.13. The third-order valence-electron chi connectivity index (χ3n) is 8.95. The summed E-state index contributed by atoms with van der Waals surface area (Å²) < 4.78 is 1.37. The van der Waals surface area contributed by atoms with E-state index in [1.807, 2.05) is 35.2 Å². The number of amides is 4. The monoisotopic (exact) mass is 584 g/mol. The van der Waals surface area contributed by atoms with Gasteiger partial charge in [0.15, 0.2) is 0 Å². The summed E-state index contributed by atoms with van der Waals surface area (Å²) in [5, 5.41) is 5.67. The van der Waals surface area contributed by atoms with Crippen LogP contribution < -0.4 is 16.2 Å². The highest BCUT2D eigenvalue weighted by atomic mass is 16.2. The molecule has 3 aliphatic rings. The van der Waals surface area contributed by atoms with Crippen LogP contribution in [0.3, 0.4) is 0 Å². The zero-order valence-corrected chi connectivity index (χ0v) is 24.1. The van der Waals surface area contributed by atoms with E-state index < -0.39 is 23.6 Å². The van der Waals surface area contributed by atoms with E-state index in [0.717, 1.165) is 12.0 Å². The van der Waals surface area contributed by atoms with Crippen LogP contribution in [0.5, 0.6) is 0 Å². The maximum absolute atomic E-state index is 14.2. The molecule has 2 N–H and O–H groups in total. The highest BCUT2D eigenvalue weighted by Gasteiger charge is 2.45. The number of pyridine rings is 1. The number of fused-ring (bicyclic) bond motifs is 5. The summed E-state index contributed by atoms with van der Waals surface area (Å²) in [4.78, 5) is 74.7. The first-order valence-corrected chi connectivity index (χ1v) is 15.0. The van der Waals surface area contributed by atoms with Gasteiger partial charge in [-0.15, -0.1) is 0 Å². The Morgan fingerprint density at radius 2 is 1.77 bits per heavy atom. The standard InChI is InChI=1S/C32H36N6O5/c1-20-29(40)35-25(15-21-8-3-2-4-9-21)32(43)38-18-22-14-23(26(38)10-7-12-28(39)34-20)19-36(17-22)30(41)24-16-33-27-11-5-6-13-37(27)31(24)42/h2-6,8-9,11,13,16,20,22-23,25-26H,7,10,12,14-15,17-19H2,1H3,(H,34,39)(H,35,40)/t20-,22+,23-,25+,26+/m1/s1. The predicted molar refractivity (Wildman–Crippen MR) is 158 cm³/mol. The van der Waals surface area contributed by atoms with Crippen molar-refractivity contribution >= 4 is 29.3 Å². The van der Waals surface area contributed by atoms with Gasteiger partial charge in [0.05, 0.1) is 0 Å². The van der Waals surface area contributed by atoms with Gasteiger partial charge < -0.3 is 20.4 Å². The van der Waals surface area contributed by atoms with Gasteiger partial charge >= 0.3 is 0 Å². The average Bonchev–Trinajstić information content (AvgIpc) is 3.01. The minimum Gasteiger partial charge on any atom is -0.345 e. The molecule has 11 heteroatoms. The van der Waals surface area contributed by atoms with Crippen LogP contribution in [-0.4, -0.2) is 80.6 Å². The largest absolute Gasteiger partial charge is 0.345 e. The molecule has 3 fully saturated rings. The number of benzene rings is 1. The van der Waals surface area contributed by atoms with E-state index in [2.05, 4.69) is 15.6 Å². The lowest BCUT2D eigenvalue weighted by molar-refractivity contribution is -0.145. The third-order valence-corrected chi connectivity index (χ3v) is 8.95. The third kappa shape index (κ3) is 5.89. The molecule has 3 aromatic rings. The zero-order chi connectivity index (χ0) is 30.1. The van der Waals surface area contributed by atoms with Crippen LogP contribution in [0.15, 0.2) is 65.7 Å². The van der Waals surface area contributed by atoms with Gasteiger partial charge in [-0.05, 0) is 55.7 Å². The lowest BCUT2D eigenvalue weighted by Crippen LogP contribution is -2.64. The molecule has 3 saturated heterocycles. The molecule has 5 atom stereocenters. The molecule has 0 spiro atoms. The van der Waals surface area contributed by atoms with E-state index >= 15 is 0 Å². The molecular formula is C32H36N6O5. The van der Waals surface area contributed by atoms with Crippen LogP contribution in [0.2, 0.25) is 0 Å². The minimum atomic E-state index is -0.795. The van der Waals surface area contributed by atoms with E-state index in [1.165, 1.54) is 10.6 Å². The van der Waals surface area contributed by atoms with Gasteiger partial charge in [-0.25, -0.2) is 4.98 Å². The molecule has 0 aliphatic carbocycles. The fourth-order valence-corrected chi connectivity index (χ4v) is 6.88. The van der Waals surface area contributed by atoms with E-state index in [-0.39, 0.29) is 47.6 Å². The molecule has 0 radical (unpaired) electrons. The lowest BCUT2D eigenvalue weighted by atomic mass is 9.77. The molecule has 2 aromatic heterocycles. The Labute approximate surface area is 249 Å². The SMILES string of the molecule is C[C@H]1NC(=O)CCC[C@H]2[C@@H]3C[C@@H](CN(C(=O)c4cnc5ccccn5c4=O)C3)CN2C(=O)[C@H](Cc2ccccc2)NC1=O. The van der Waals surface area contributed by atoms with Crippen LogP contribution >= 0.6 is 0 Å². The Bertz CT molecular complexity index is 1610. The number of hydrogen-bond donors (Lipinski definition) is 2. The van der Waals surface area contributed by atoms with Crippen molar-refractivity contribution in [2.45, 2.75) is 57.2 Å². The van der Waals surface area contributed by atoms with Crippen LogP contribution in [0, 0.1) is 11.8 Å². The topological polar surface area (TPSA) is 133 Å². The molecule has 11 nitrogen and oxygen atoms in total. The molecule has 6 rings (SSSR count). The van der Waals surface area contributed by atoms with Gasteiger partial charge in [0.1, 0.15) is 23.3 Å². The first-order valence-electron chi connectivity index (χ1n) is 15.0. The molecule has 224 valence electrons. The molecule has 5 heterocycles. The van der Waals surface area contributed by atoms with Gasteiger partial charge in [0.25, 0.3) is 11.5 Å². The van der Waals surface area contributed by atoms with Crippen molar-refractivity contribution in [3.8, 4) is 0 Å². The van der Waals surface area contributed by atoms with Gasteiger partial charge in [0.2, 0.25) is 17.7 Å². The Balaban J connectivity index is 1.28. The van der Waals surface area contributed by atoms with Gasteiger partial charge in [0, 0.05) is 50.9 Å². The first kappa shape index (κ1) is 28.6. The van der Waals surface area contributed by atoms with Crippen molar-refractivity contribution in [1.29, 1.82) is 0 Å². The maximum Gasteiger partial charge on any atom is 0.270 e. The second-order valence-corrected chi connectivity index (χ2v) is 12.0. The number of carbonyl (C=O) groups is 4. The van der Waals surface area contributed by atoms with E-state index in [9.17, 15) is 24.0 Å². The summed E-state index contributed by atoms with van der Waals surface area (Å²) in [7, 11) is 0. The van der Waals surface area contributed by atoms with Crippen LogP contribution in [0.25, 0.3) is 5.65 Å². The van der Waals surface area contributed by atoms with E-state index in [1.54, 1.807) is 36.2 Å². The van der Waals surface area contributed by atoms with Crippen molar-refractivity contribution in [2.75, 3.05) is 19.6 Å². The van der Waals surface area contributed by atoms with Crippen molar-refractivity contribution < 1.29 is 19.2 Å². The molecule has 43 heavy (non-hydrogen) atoms. The summed E-state index contributed by atoms with van der Waals surface area (Å²) in [6, 6.07) is 13.0. The summed E-state index contributed by atoms with van der Waals surface area (Å²) in [6.45, 7) is 2.86. The average molecular weight is 585 g/mol. The van der Waals surface area contributed by atoms with Crippen LogP contribution in [-0.2, 0) is 20.8 Å². The molecule has 1 aromatic carbocycles. The zero-order valence-electron chi connectivity index (χ0n) is 24.1. The first-order chi connectivity index (χ1) is 20.8. The van der Waals surface area contributed by atoms with Gasteiger partial charge in [-0.3, -0.25) is 28.4 Å². The number of nitrogens with zero attached hydrogens (tertiary/aromatic N) is 4. The number of rotatable bonds is 3. The number of carbonyl (C=O) groups excluding carboxylic acids is 4. The highest BCUT2D eigenvalue weighted by molar-refractivity contribution is 5.94. The highest BCUT2D eigenvalue weighted by Crippen LogP contribution is 2.36. The Kier molecular flexibility index (Phi) is 7.96. The summed E-state index contributed by atoms with van der Waals surface area (Å²) in [6.07, 6.45) is 5.50. The van der Waals surface area contributed by atoms with Crippen LogP contribution in [0.1, 0.15) is 48.5 Å². The number of hydrogen-bond acceptors (Lipinski definition) is 6. The molecular weight excluding hydrogens is 548 g/mol. The number of piperidine rings is 2. The second-order valence-electron chi connectivity index (χ2n) is 12.0. The number of likely N-dealkylation sites (tertiary alicyclic amines) is 1. The van der Waals surface area contributed by atoms with Crippen molar-refractivity contribution in [1.82, 2.24) is 29.8 Å². The van der Waals surface area contributed by atoms with Crippen molar-refractivity contribution in [3.05, 3.63) is 82.4 Å². The fourth-order valence-electron chi connectivity index (χ4n) is 6.88. The van der Waals surface area contributed by atoms with Crippen molar-refractivity contribution in [2.24, 2.45) is 11.8 Å². The van der Waals surface area contributed by atoms with E-state index in [0.29, 0.717) is 44.5 Å². The van der Waals surface area contributed by atoms with E-state index in [4.69, 9.17) is 0 Å². The Morgan fingerprint density at radius 3 is 2.58 bits per heavy atom. The van der Waals surface area contributed by atoms with Crippen LogP contribution in [0.4, 0.5) is 0 Å². The molecule has 0 unspecified atom stereocenters. The summed E-state index contributed by atoms with van der Waals surface area (Å²) >= 11 is 0. The van der Waals surface area contributed by atoms with Crippen molar-refractivity contribution in [3.63, 3.8) is 0 Å². The number of aromatic nitrogens is 2. The lowest BCUT2D eigenvalue weighted by Gasteiger charge is -2.51.